The van der Waals surface area contributed by atoms with Crippen LogP contribution < -0.4 is 0 Å². The standard InChI is InChI=1S/C11H7ClF2O2/c12-7-5-8(13)6(4-9(7)14)11(15)10-2-1-3-16-10/h2,4-5H,1,3H2. The van der Waals surface area contributed by atoms with Crippen molar-refractivity contribution in [2.75, 3.05) is 6.61 Å². The number of carbonyl (C=O) groups is 1. The van der Waals surface area contributed by atoms with Crippen LogP contribution in [0.3, 0.4) is 0 Å². The van der Waals surface area contributed by atoms with Crippen molar-refractivity contribution in [3.05, 3.63) is 46.2 Å². The van der Waals surface area contributed by atoms with Crippen molar-refractivity contribution in [1.29, 1.82) is 0 Å². The van der Waals surface area contributed by atoms with Gasteiger partial charge >= 0.3 is 0 Å². The van der Waals surface area contributed by atoms with Gasteiger partial charge in [-0.05, 0) is 18.2 Å². The average molecular weight is 245 g/mol. The highest BCUT2D eigenvalue weighted by Crippen LogP contribution is 2.23. The first-order chi connectivity index (χ1) is 7.59. The van der Waals surface area contributed by atoms with E-state index in [1.807, 2.05) is 0 Å². The second kappa shape index (κ2) is 4.22. The van der Waals surface area contributed by atoms with Gasteiger partial charge in [-0.2, -0.15) is 0 Å². The molecule has 0 aliphatic carbocycles. The van der Waals surface area contributed by atoms with E-state index in [2.05, 4.69) is 0 Å². The summed E-state index contributed by atoms with van der Waals surface area (Å²) in [5.74, 6) is -2.29. The SMILES string of the molecule is O=C(C1=CCCO1)c1cc(F)c(Cl)cc1F. The van der Waals surface area contributed by atoms with Gasteiger partial charge in [0.2, 0.25) is 5.78 Å². The van der Waals surface area contributed by atoms with Gasteiger partial charge in [0.1, 0.15) is 11.6 Å². The molecular formula is C11H7ClF2O2. The molecule has 2 rings (SSSR count). The molecule has 0 N–H and O–H groups in total. The fourth-order valence-electron chi connectivity index (χ4n) is 1.41. The van der Waals surface area contributed by atoms with Crippen LogP contribution in [0.4, 0.5) is 8.78 Å². The predicted octanol–water partition coefficient (Wildman–Crippen LogP) is 3.11. The molecule has 0 unspecified atom stereocenters. The number of ketones is 1. The molecule has 1 aromatic carbocycles. The molecule has 0 amide bonds. The van der Waals surface area contributed by atoms with Gasteiger partial charge in [0.05, 0.1) is 17.2 Å². The van der Waals surface area contributed by atoms with Crippen LogP contribution in [0.1, 0.15) is 16.8 Å². The molecule has 0 fully saturated rings. The number of hydrogen-bond donors (Lipinski definition) is 0. The van der Waals surface area contributed by atoms with Gasteiger partial charge in [-0.1, -0.05) is 11.6 Å². The quantitative estimate of drug-likeness (QED) is 0.590. The molecule has 0 radical (unpaired) electrons. The van der Waals surface area contributed by atoms with Crippen LogP contribution in [-0.2, 0) is 4.74 Å². The lowest BCUT2D eigenvalue weighted by Crippen LogP contribution is -2.07. The Bertz CT molecular complexity index is 483. The zero-order valence-electron chi connectivity index (χ0n) is 8.10. The molecule has 0 saturated carbocycles. The van der Waals surface area contributed by atoms with Crippen molar-refractivity contribution in [3.63, 3.8) is 0 Å². The third-order valence-electron chi connectivity index (χ3n) is 2.18. The van der Waals surface area contributed by atoms with Crippen LogP contribution in [0.5, 0.6) is 0 Å². The predicted molar refractivity (Wildman–Crippen MR) is 54.4 cm³/mol. The minimum Gasteiger partial charge on any atom is -0.489 e. The number of benzene rings is 1. The van der Waals surface area contributed by atoms with Gasteiger partial charge in [-0.15, -0.1) is 0 Å². The van der Waals surface area contributed by atoms with Crippen LogP contribution in [0, 0.1) is 11.6 Å². The second-order valence-corrected chi connectivity index (χ2v) is 3.69. The summed E-state index contributed by atoms with van der Waals surface area (Å²) in [6.45, 7) is 0.388. The van der Waals surface area contributed by atoms with E-state index in [9.17, 15) is 13.6 Å². The molecule has 1 aliphatic rings. The average Bonchev–Trinajstić information content (AvgIpc) is 2.75. The van der Waals surface area contributed by atoms with E-state index in [0.717, 1.165) is 12.1 Å². The van der Waals surface area contributed by atoms with Crippen LogP contribution >= 0.6 is 11.6 Å². The maximum atomic E-state index is 13.4. The van der Waals surface area contributed by atoms with Gasteiger partial charge in [0.15, 0.2) is 5.76 Å². The zero-order chi connectivity index (χ0) is 11.7. The molecule has 84 valence electrons. The summed E-state index contributed by atoms with van der Waals surface area (Å²) in [6.07, 6.45) is 2.15. The summed E-state index contributed by atoms with van der Waals surface area (Å²) in [5, 5.41) is -0.352. The Morgan fingerprint density at radius 2 is 2.06 bits per heavy atom. The summed E-state index contributed by atoms with van der Waals surface area (Å²) >= 11 is 5.38. The maximum Gasteiger partial charge on any atom is 0.230 e. The first-order valence-corrected chi connectivity index (χ1v) is 4.99. The summed E-state index contributed by atoms with van der Waals surface area (Å²) in [5.41, 5.74) is -0.366. The monoisotopic (exact) mass is 244 g/mol. The molecule has 5 heteroatoms. The van der Waals surface area contributed by atoms with Crippen LogP contribution in [0.2, 0.25) is 5.02 Å². The number of rotatable bonds is 2. The highest BCUT2D eigenvalue weighted by atomic mass is 35.5. The number of allylic oxidation sites excluding steroid dienone is 1. The fraction of sp³-hybridized carbons (Fsp3) is 0.182. The lowest BCUT2D eigenvalue weighted by molar-refractivity contribution is 0.0938. The molecule has 16 heavy (non-hydrogen) atoms. The van der Waals surface area contributed by atoms with Gasteiger partial charge < -0.3 is 4.74 Å². The maximum absolute atomic E-state index is 13.4. The molecule has 2 nitrogen and oxygen atoms in total. The minimum absolute atomic E-state index is 0.0561. The summed E-state index contributed by atoms with van der Waals surface area (Å²) < 4.78 is 31.5. The Hall–Kier alpha value is -1.42. The van der Waals surface area contributed by atoms with Crippen molar-refractivity contribution in [3.8, 4) is 0 Å². The largest absolute Gasteiger partial charge is 0.489 e. The number of carbonyl (C=O) groups excluding carboxylic acids is 1. The topological polar surface area (TPSA) is 26.3 Å². The molecular weight excluding hydrogens is 238 g/mol. The molecule has 0 saturated heterocycles. The number of halogens is 3. The van der Waals surface area contributed by atoms with Crippen molar-refractivity contribution < 1.29 is 18.3 Å². The second-order valence-electron chi connectivity index (χ2n) is 3.28. The first-order valence-electron chi connectivity index (χ1n) is 4.62. The summed E-state index contributed by atoms with van der Waals surface area (Å²) in [7, 11) is 0. The lowest BCUT2D eigenvalue weighted by Gasteiger charge is -2.05. The number of ether oxygens (including phenoxy) is 1. The molecule has 1 aromatic rings. The fourth-order valence-corrected chi connectivity index (χ4v) is 1.56. The van der Waals surface area contributed by atoms with Crippen molar-refractivity contribution in [2.24, 2.45) is 0 Å². The van der Waals surface area contributed by atoms with Gasteiger partial charge in [-0.25, -0.2) is 8.78 Å². The highest BCUT2D eigenvalue weighted by molar-refractivity contribution is 6.30. The molecule has 0 bridgehead atoms. The van der Waals surface area contributed by atoms with E-state index in [-0.39, 0.29) is 16.3 Å². The van der Waals surface area contributed by atoms with E-state index in [1.54, 1.807) is 6.08 Å². The Kier molecular flexibility index (Phi) is 2.92. The van der Waals surface area contributed by atoms with E-state index >= 15 is 0 Å². The summed E-state index contributed by atoms with van der Waals surface area (Å²) in [4.78, 5) is 11.7. The third-order valence-corrected chi connectivity index (χ3v) is 2.47. The zero-order valence-corrected chi connectivity index (χ0v) is 8.85. The van der Waals surface area contributed by atoms with E-state index < -0.39 is 17.4 Å². The minimum atomic E-state index is -0.854. The Labute approximate surface area is 95.5 Å². The molecule has 1 heterocycles. The Balaban J connectivity index is 2.40. The van der Waals surface area contributed by atoms with E-state index in [1.165, 1.54) is 0 Å². The van der Waals surface area contributed by atoms with Crippen molar-refractivity contribution >= 4 is 17.4 Å². The summed E-state index contributed by atoms with van der Waals surface area (Å²) in [6, 6.07) is 1.56. The third kappa shape index (κ3) is 1.93. The van der Waals surface area contributed by atoms with Crippen LogP contribution in [-0.4, -0.2) is 12.4 Å². The van der Waals surface area contributed by atoms with Crippen molar-refractivity contribution in [2.45, 2.75) is 6.42 Å². The first kappa shape index (κ1) is 11.1. The number of Topliss-reactive ketones (excluding diaryl/α,β-unsaturated/α-hetero) is 1. The van der Waals surface area contributed by atoms with E-state index in [0.29, 0.717) is 13.0 Å². The molecule has 0 spiro atoms. The smallest absolute Gasteiger partial charge is 0.230 e. The molecule has 1 aliphatic heterocycles. The lowest BCUT2D eigenvalue weighted by atomic mass is 10.1. The van der Waals surface area contributed by atoms with Gasteiger partial charge in [-0.3, -0.25) is 4.79 Å². The van der Waals surface area contributed by atoms with Crippen LogP contribution in [0.25, 0.3) is 0 Å². The van der Waals surface area contributed by atoms with Crippen LogP contribution in [0.15, 0.2) is 24.0 Å². The highest BCUT2D eigenvalue weighted by Gasteiger charge is 2.22. The van der Waals surface area contributed by atoms with Crippen molar-refractivity contribution in [1.82, 2.24) is 0 Å². The Morgan fingerprint density at radius 3 is 2.69 bits per heavy atom. The normalized spacial score (nSPS) is 14.6. The van der Waals surface area contributed by atoms with Gasteiger partial charge in [0, 0.05) is 6.42 Å². The molecule has 0 atom stereocenters. The van der Waals surface area contributed by atoms with E-state index in [4.69, 9.17) is 16.3 Å². The molecule has 0 aromatic heterocycles. The van der Waals surface area contributed by atoms with Gasteiger partial charge in [0.25, 0.3) is 0 Å². The number of hydrogen-bond acceptors (Lipinski definition) is 2. The Morgan fingerprint density at radius 1 is 1.31 bits per heavy atom.